The molecule has 0 saturated carbocycles. The number of benzene rings is 1. The fraction of sp³-hybridized carbons (Fsp3) is 0.500. The summed E-state index contributed by atoms with van der Waals surface area (Å²) >= 11 is 9.62. The molecule has 0 radical (unpaired) electrons. The summed E-state index contributed by atoms with van der Waals surface area (Å²) in [5, 5.41) is 0.786. The molecule has 1 aliphatic heterocycles. The van der Waals surface area contributed by atoms with E-state index < -0.39 is 0 Å². The summed E-state index contributed by atoms with van der Waals surface area (Å²) in [6.45, 7) is 3.02. The summed E-state index contributed by atoms with van der Waals surface area (Å²) in [5.41, 5.74) is 1.28. The molecule has 0 aromatic heterocycles. The van der Waals surface area contributed by atoms with E-state index >= 15 is 0 Å². The highest BCUT2D eigenvalue weighted by Crippen LogP contribution is 2.39. The first-order chi connectivity index (χ1) is 7.18. The van der Waals surface area contributed by atoms with Crippen LogP contribution in [0.3, 0.4) is 0 Å². The van der Waals surface area contributed by atoms with E-state index in [-0.39, 0.29) is 0 Å². The molecular weight excluding hydrogens is 275 g/mol. The highest BCUT2D eigenvalue weighted by Gasteiger charge is 2.31. The van der Waals surface area contributed by atoms with Crippen molar-refractivity contribution in [2.75, 3.05) is 6.61 Å². The van der Waals surface area contributed by atoms with Crippen molar-refractivity contribution in [3.8, 4) is 0 Å². The van der Waals surface area contributed by atoms with Gasteiger partial charge in [-0.2, -0.15) is 0 Å². The molecule has 1 nitrogen and oxygen atoms in total. The summed E-state index contributed by atoms with van der Waals surface area (Å²) < 4.78 is 5.58. The predicted molar refractivity (Wildman–Crippen MR) is 66.6 cm³/mol. The molecule has 1 saturated heterocycles. The Hall–Kier alpha value is -0.0500. The number of halogens is 2. The van der Waals surface area contributed by atoms with Gasteiger partial charge in [0.25, 0.3) is 0 Å². The second-order valence-electron chi connectivity index (χ2n) is 3.98. The van der Waals surface area contributed by atoms with Gasteiger partial charge in [-0.25, -0.2) is 0 Å². The van der Waals surface area contributed by atoms with Crippen molar-refractivity contribution < 1.29 is 4.74 Å². The lowest BCUT2D eigenvalue weighted by molar-refractivity contribution is 0.105. The summed E-state index contributed by atoms with van der Waals surface area (Å²) in [4.78, 5) is 0.368. The van der Waals surface area contributed by atoms with E-state index in [1.54, 1.807) is 0 Å². The fourth-order valence-electron chi connectivity index (χ4n) is 2.03. The van der Waals surface area contributed by atoms with E-state index in [0.29, 0.717) is 16.8 Å². The largest absolute Gasteiger partial charge is 0.378 e. The minimum absolute atomic E-state index is 0.338. The van der Waals surface area contributed by atoms with E-state index in [1.165, 1.54) is 5.56 Å². The molecule has 1 fully saturated rings. The number of alkyl halides is 1. The molecule has 0 spiro atoms. The third-order valence-electron chi connectivity index (χ3n) is 3.00. The van der Waals surface area contributed by atoms with E-state index in [9.17, 15) is 0 Å². The Bertz CT molecular complexity index is 325. The average Bonchev–Trinajstić information content (AvgIpc) is 2.65. The van der Waals surface area contributed by atoms with Gasteiger partial charge in [0.1, 0.15) is 0 Å². The van der Waals surface area contributed by atoms with Crippen molar-refractivity contribution in [3.63, 3.8) is 0 Å². The molecule has 15 heavy (non-hydrogen) atoms. The van der Waals surface area contributed by atoms with Gasteiger partial charge in [-0.05, 0) is 31.0 Å². The van der Waals surface area contributed by atoms with Crippen LogP contribution in [0.15, 0.2) is 24.3 Å². The van der Waals surface area contributed by atoms with Gasteiger partial charge in [0.2, 0.25) is 0 Å². The zero-order valence-corrected chi connectivity index (χ0v) is 11.0. The van der Waals surface area contributed by atoms with Crippen LogP contribution in [0.25, 0.3) is 0 Å². The van der Waals surface area contributed by atoms with Crippen LogP contribution < -0.4 is 0 Å². The molecular formula is C12H14BrClO. The van der Waals surface area contributed by atoms with Crippen LogP contribution in [0.5, 0.6) is 0 Å². The average molecular weight is 290 g/mol. The van der Waals surface area contributed by atoms with Crippen molar-refractivity contribution in [3.05, 3.63) is 34.9 Å². The van der Waals surface area contributed by atoms with Crippen molar-refractivity contribution in [1.29, 1.82) is 0 Å². The van der Waals surface area contributed by atoms with Crippen LogP contribution in [-0.4, -0.2) is 12.7 Å². The zero-order chi connectivity index (χ0) is 10.8. The summed E-state index contributed by atoms with van der Waals surface area (Å²) in [6.07, 6.45) is 1.46. The normalized spacial score (nSPS) is 27.9. The molecule has 1 heterocycles. The van der Waals surface area contributed by atoms with Crippen LogP contribution in [-0.2, 0) is 4.74 Å². The lowest BCUT2D eigenvalue weighted by atomic mass is 9.94. The van der Waals surface area contributed by atoms with Gasteiger partial charge in [-0.1, -0.05) is 39.7 Å². The number of ether oxygens (including phenoxy) is 1. The quantitative estimate of drug-likeness (QED) is 0.741. The van der Waals surface area contributed by atoms with Crippen LogP contribution in [0.1, 0.15) is 23.7 Å². The monoisotopic (exact) mass is 288 g/mol. The van der Waals surface area contributed by atoms with Gasteiger partial charge in [-0.3, -0.25) is 0 Å². The first-order valence-electron chi connectivity index (χ1n) is 5.19. The van der Waals surface area contributed by atoms with Crippen molar-refractivity contribution in [1.82, 2.24) is 0 Å². The molecule has 0 bridgehead atoms. The minimum Gasteiger partial charge on any atom is -0.378 e. The second-order valence-corrected chi connectivity index (χ2v) is 5.40. The highest BCUT2D eigenvalue weighted by atomic mass is 79.9. The Morgan fingerprint density at radius 3 is 2.60 bits per heavy atom. The van der Waals surface area contributed by atoms with Crippen molar-refractivity contribution >= 4 is 27.5 Å². The van der Waals surface area contributed by atoms with Crippen LogP contribution in [0, 0.1) is 5.92 Å². The van der Waals surface area contributed by atoms with Gasteiger partial charge in [-0.15, -0.1) is 0 Å². The topological polar surface area (TPSA) is 9.23 Å². The van der Waals surface area contributed by atoms with Crippen LogP contribution >= 0.6 is 27.5 Å². The Labute approximate surface area is 104 Å². The summed E-state index contributed by atoms with van der Waals surface area (Å²) in [5.74, 6) is 0.561. The van der Waals surface area contributed by atoms with Crippen molar-refractivity contribution in [2.45, 2.75) is 24.3 Å². The molecule has 3 heteroatoms. The van der Waals surface area contributed by atoms with Gasteiger partial charge in [0.05, 0.1) is 6.10 Å². The molecule has 0 N–H and O–H groups in total. The van der Waals surface area contributed by atoms with E-state index in [0.717, 1.165) is 18.1 Å². The smallest absolute Gasteiger partial charge is 0.0589 e. The Kier molecular flexibility index (Phi) is 3.70. The summed E-state index contributed by atoms with van der Waals surface area (Å²) in [7, 11) is 0. The first-order valence-corrected chi connectivity index (χ1v) is 6.49. The first kappa shape index (κ1) is 11.4. The van der Waals surface area contributed by atoms with Gasteiger partial charge in [0, 0.05) is 22.4 Å². The standard InChI is InChI=1S/C12H14BrClO/c1-8-11(6-7-15-8)12(13)9-2-4-10(14)5-3-9/h2-5,8,11-12H,6-7H2,1H3. The Balaban J connectivity index is 2.13. The minimum atomic E-state index is 0.338. The SMILES string of the molecule is CC1OCCC1C(Br)c1ccc(Cl)cc1. The number of hydrogen-bond donors (Lipinski definition) is 0. The lowest BCUT2D eigenvalue weighted by Gasteiger charge is -2.20. The van der Waals surface area contributed by atoms with Crippen molar-refractivity contribution in [2.24, 2.45) is 5.92 Å². The maximum absolute atomic E-state index is 5.86. The zero-order valence-electron chi connectivity index (χ0n) is 8.62. The molecule has 1 aromatic carbocycles. The van der Waals surface area contributed by atoms with E-state index in [4.69, 9.17) is 16.3 Å². The second kappa shape index (κ2) is 4.86. The highest BCUT2D eigenvalue weighted by molar-refractivity contribution is 9.09. The number of hydrogen-bond acceptors (Lipinski definition) is 1. The lowest BCUT2D eigenvalue weighted by Crippen LogP contribution is -2.16. The maximum Gasteiger partial charge on any atom is 0.0589 e. The van der Waals surface area contributed by atoms with Crippen LogP contribution in [0.4, 0.5) is 0 Å². The van der Waals surface area contributed by atoms with Crippen LogP contribution in [0.2, 0.25) is 5.02 Å². The van der Waals surface area contributed by atoms with E-state index in [2.05, 4.69) is 35.0 Å². The van der Waals surface area contributed by atoms with Gasteiger partial charge < -0.3 is 4.74 Å². The predicted octanol–water partition coefficient (Wildman–Crippen LogP) is 4.20. The maximum atomic E-state index is 5.86. The molecule has 3 atom stereocenters. The molecule has 1 aromatic rings. The summed E-state index contributed by atoms with van der Waals surface area (Å²) in [6, 6.07) is 8.02. The Morgan fingerprint density at radius 2 is 2.07 bits per heavy atom. The fourth-order valence-corrected chi connectivity index (χ4v) is 3.15. The Morgan fingerprint density at radius 1 is 1.40 bits per heavy atom. The molecule has 3 unspecified atom stereocenters. The third-order valence-corrected chi connectivity index (χ3v) is 4.46. The van der Waals surface area contributed by atoms with E-state index in [1.807, 2.05) is 12.1 Å². The molecule has 1 aliphatic rings. The molecule has 82 valence electrons. The van der Waals surface area contributed by atoms with Gasteiger partial charge >= 0.3 is 0 Å². The number of rotatable bonds is 2. The van der Waals surface area contributed by atoms with Gasteiger partial charge in [0.15, 0.2) is 0 Å². The molecule has 0 amide bonds. The molecule has 2 rings (SSSR count). The third kappa shape index (κ3) is 2.55. The molecule has 0 aliphatic carbocycles.